The first kappa shape index (κ1) is 15.2. The van der Waals surface area contributed by atoms with Crippen molar-refractivity contribution in [3.05, 3.63) is 28.8 Å². The summed E-state index contributed by atoms with van der Waals surface area (Å²) < 4.78 is 0. The van der Waals surface area contributed by atoms with Crippen molar-refractivity contribution in [3.8, 4) is 0 Å². The van der Waals surface area contributed by atoms with Crippen LogP contribution in [0.15, 0.2) is 12.1 Å². The van der Waals surface area contributed by atoms with Crippen LogP contribution in [0.25, 0.3) is 0 Å². The van der Waals surface area contributed by atoms with Gasteiger partial charge >= 0.3 is 0 Å². The number of carbonyl (C=O) groups excluding carboxylic acids is 4. The smallest absolute Gasteiger partial charge is 0.255 e. The predicted octanol–water partition coefficient (Wildman–Crippen LogP) is 0.714. The molecule has 3 rings (SSSR count). The average molecular weight is 315 g/mol. The van der Waals surface area contributed by atoms with Crippen LogP contribution in [-0.4, -0.2) is 34.6 Å². The molecule has 7 heteroatoms. The van der Waals surface area contributed by atoms with Crippen LogP contribution < -0.4 is 10.6 Å². The van der Waals surface area contributed by atoms with E-state index in [0.717, 1.165) is 5.56 Å². The number of nitrogens with one attached hydrogen (secondary N) is 2. The van der Waals surface area contributed by atoms with E-state index in [0.29, 0.717) is 29.8 Å². The van der Waals surface area contributed by atoms with Crippen molar-refractivity contribution < 1.29 is 19.2 Å². The van der Waals surface area contributed by atoms with Gasteiger partial charge in [-0.2, -0.15) is 0 Å². The number of hydrogen-bond donors (Lipinski definition) is 2. The number of anilines is 1. The molecule has 7 nitrogen and oxygen atoms in total. The van der Waals surface area contributed by atoms with Crippen LogP contribution in [0.1, 0.15) is 41.3 Å². The van der Waals surface area contributed by atoms with E-state index in [4.69, 9.17) is 0 Å². The third-order valence-electron chi connectivity index (χ3n) is 4.26. The Hall–Kier alpha value is -2.70. The Bertz CT molecular complexity index is 741. The predicted molar refractivity (Wildman–Crippen MR) is 81.5 cm³/mol. The molecule has 2 aliphatic heterocycles. The fourth-order valence-corrected chi connectivity index (χ4v) is 3.15. The first-order valence-electron chi connectivity index (χ1n) is 7.43. The van der Waals surface area contributed by atoms with Crippen molar-refractivity contribution in [1.29, 1.82) is 0 Å². The number of amides is 4. The second-order valence-electron chi connectivity index (χ2n) is 5.85. The van der Waals surface area contributed by atoms with Crippen molar-refractivity contribution >= 4 is 29.3 Å². The summed E-state index contributed by atoms with van der Waals surface area (Å²) in [5, 5.41) is 4.98. The highest BCUT2D eigenvalue weighted by molar-refractivity contribution is 6.07. The molecule has 1 fully saturated rings. The van der Waals surface area contributed by atoms with Gasteiger partial charge in [-0.05, 0) is 30.5 Å². The molecule has 2 N–H and O–H groups in total. The zero-order chi connectivity index (χ0) is 16.7. The van der Waals surface area contributed by atoms with Gasteiger partial charge in [-0.25, -0.2) is 0 Å². The molecule has 1 aromatic carbocycles. The lowest BCUT2D eigenvalue weighted by atomic mass is 10.0. The minimum Gasteiger partial charge on any atom is -0.326 e. The molecule has 0 saturated carbocycles. The minimum atomic E-state index is -0.629. The van der Waals surface area contributed by atoms with E-state index < -0.39 is 11.9 Å². The average Bonchev–Trinajstić information content (AvgIpc) is 2.79. The van der Waals surface area contributed by atoms with Gasteiger partial charge in [-0.3, -0.25) is 24.5 Å². The summed E-state index contributed by atoms with van der Waals surface area (Å²) in [4.78, 5) is 48.7. The summed E-state index contributed by atoms with van der Waals surface area (Å²) in [7, 11) is 0. The number of carbonyl (C=O) groups is 4. The van der Waals surface area contributed by atoms with Crippen molar-refractivity contribution in [2.75, 3.05) is 5.32 Å². The van der Waals surface area contributed by atoms with Crippen LogP contribution in [0, 0.1) is 6.92 Å². The normalized spacial score (nSPS) is 20.3. The largest absolute Gasteiger partial charge is 0.326 e. The highest BCUT2D eigenvalue weighted by Gasteiger charge is 2.40. The maximum atomic E-state index is 12.7. The van der Waals surface area contributed by atoms with Crippen LogP contribution in [0.4, 0.5) is 5.69 Å². The molecule has 0 spiro atoms. The highest BCUT2D eigenvalue weighted by atomic mass is 16.2. The summed E-state index contributed by atoms with van der Waals surface area (Å²) in [6, 6.07) is 2.92. The van der Waals surface area contributed by atoms with E-state index in [1.165, 1.54) is 11.8 Å². The molecular formula is C16H17N3O4. The topological polar surface area (TPSA) is 95.6 Å². The van der Waals surface area contributed by atoms with E-state index in [9.17, 15) is 19.2 Å². The second kappa shape index (κ2) is 5.49. The SMILES string of the molecule is CC(=O)Nc1ccc2c(c1C)C(=O)N(C1CCC(=O)NC1=O)C2. The van der Waals surface area contributed by atoms with E-state index in [2.05, 4.69) is 10.6 Å². The van der Waals surface area contributed by atoms with Gasteiger partial charge in [0.15, 0.2) is 0 Å². The Morgan fingerprint density at radius 1 is 1.30 bits per heavy atom. The zero-order valence-corrected chi connectivity index (χ0v) is 12.9. The summed E-state index contributed by atoms with van der Waals surface area (Å²) in [5.74, 6) is -1.18. The van der Waals surface area contributed by atoms with Gasteiger partial charge in [0.05, 0.1) is 0 Å². The number of fused-ring (bicyclic) bond motifs is 1. The van der Waals surface area contributed by atoms with Crippen molar-refractivity contribution in [3.63, 3.8) is 0 Å². The quantitative estimate of drug-likeness (QED) is 0.786. The fourth-order valence-electron chi connectivity index (χ4n) is 3.15. The van der Waals surface area contributed by atoms with E-state index >= 15 is 0 Å². The van der Waals surface area contributed by atoms with Crippen molar-refractivity contribution in [1.82, 2.24) is 10.2 Å². The lowest BCUT2D eigenvalue weighted by Gasteiger charge is -2.29. The molecular weight excluding hydrogens is 298 g/mol. The van der Waals surface area contributed by atoms with Crippen LogP contribution in [0.3, 0.4) is 0 Å². The Morgan fingerprint density at radius 2 is 2.04 bits per heavy atom. The van der Waals surface area contributed by atoms with E-state index in [1.54, 1.807) is 19.1 Å². The summed E-state index contributed by atoms with van der Waals surface area (Å²) >= 11 is 0. The maximum absolute atomic E-state index is 12.7. The van der Waals surface area contributed by atoms with Gasteiger partial charge in [-0.15, -0.1) is 0 Å². The first-order valence-corrected chi connectivity index (χ1v) is 7.43. The molecule has 1 saturated heterocycles. The number of benzene rings is 1. The molecule has 1 unspecified atom stereocenters. The highest BCUT2D eigenvalue weighted by Crippen LogP contribution is 2.32. The number of rotatable bonds is 2. The Kier molecular flexibility index (Phi) is 3.63. The summed E-state index contributed by atoms with van der Waals surface area (Å²) in [6.45, 7) is 3.52. The van der Waals surface area contributed by atoms with Gasteiger partial charge in [0.25, 0.3) is 5.91 Å². The Labute approximate surface area is 133 Å². The molecule has 0 bridgehead atoms. The molecule has 0 aliphatic carbocycles. The zero-order valence-electron chi connectivity index (χ0n) is 12.9. The third-order valence-corrected chi connectivity index (χ3v) is 4.26. The standard InChI is InChI=1S/C16H17N3O4/c1-8-11(17-9(2)20)4-3-10-7-19(16(23)14(8)10)12-5-6-13(21)18-15(12)22/h3-4,12H,5-7H2,1-2H3,(H,17,20)(H,18,21,22). The molecule has 4 amide bonds. The number of piperidine rings is 1. The molecule has 2 aliphatic rings. The lowest BCUT2D eigenvalue weighted by molar-refractivity contribution is -0.137. The van der Waals surface area contributed by atoms with Gasteiger partial charge in [-0.1, -0.05) is 6.07 Å². The molecule has 0 aromatic heterocycles. The van der Waals surface area contributed by atoms with Crippen LogP contribution in [-0.2, 0) is 20.9 Å². The fraction of sp³-hybridized carbons (Fsp3) is 0.375. The summed E-state index contributed by atoms with van der Waals surface area (Å²) in [6.07, 6.45) is 0.564. The van der Waals surface area contributed by atoms with Gasteiger partial charge in [0.2, 0.25) is 17.7 Å². The Morgan fingerprint density at radius 3 is 2.70 bits per heavy atom. The lowest BCUT2D eigenvalue weighted by Crippen LogP contribution is -2.52. The molecule has 2 heterocycles. The van der Waals surface area contributed by atoms with Crippen LogP contribution in [0.5, 0.6) is 0 Å². The molecule has 0 radical (unpaired) electrons. The first-order chi connectivity index (χ1) is 10.9. The van der Waals surface area contributed by atoms with Gasteiger partial charge in [0, 0.05) is 31.1 Å². The number of hydrogen-bond acceptors (Lipinski definition) is 4. The van der Waals surface area contributed by atoms with Crippen molar-refractivity contribution in [2.45, 2.75) is 39.3 Å². The van der Waals surface area contributed by atoms with Gasteiger partial charge < -0.3 is 10.2 Å². The summed E-state index contributed by atoms with van der Waals surface area (Å²) in [5.41, 5.74) is 2.64. The van der Waals surface area contributed by atoms with Crippen LogP contribution in [0.2, 0.25) is 0 Å². The Balaban J connectivity index is 1.90. The van der Waals surface area contributed by atoms with Gasteiger partial charge in [0.1, 0.15) is 6.04 Å². The number of nitrogens with zero attached hydrogens (tertiary/aromatic N) is 1. The maximum Gasteiger partial charge on any atom is 0.255 e. The molecule has 23 heavy (non-hydrogen) atoms. The number of imide groups is 1. The van der Waals surface area contributed by atoms with E-state index in [-0.39, 0.29) is 24.1 Å². The molecule has 1 aromatic rings. The molecule has 120 valence electrons. The third kappa shape index (κ3) is 2.58. The van der Waals surface area contributed by atoms with E-state index in [1.807, 2.05) is 0 Å². The van der Waals surface area contributed by atoms with Crippen molar-refractivity contribution in [2.24, 2.45) is 0 Å². The van der Waals surface area contributed by atoms with Crippen LogP contribution >= 0.6 is 0 Å². The minimum absolute atomic E-state index is 0.208. The molecule has 1 atom stereocenters. The monoisotopic (exact) mass is 315 g/mol. The second-order valence-corrected chi connectivity index (χ2v) is 5.85.